The maximum atomic E-state index is 14.2. The van der Waals surface area contributed by atoms with Crippen molar-refractivity contribution in [2.24, 2.45) is 34.8 Å². The molecule has 2 aliphatic rings. The van der Waals surface area contributed by atoms with Crippen LogP contribution in [0.4, 0.5) is 4.79 Å². The average molecular weight is 646 g/mol. The van der Waals surface area contributed by atoms with E-state index < -0.39 is 59.1 Å². The van der Waals surface area contributed by atoms with E-state index in [1.807, 2.05) is 27.7 Å². The molecule has 12 heteroatoms. The molecule has 1 unspecified atom stereocenters. The van der Waals surface area contributed by atoms with Crippen LogP contribution in [0.15, 0.2) is 24.3 Å². The lowest BCUT2D eigenvalue weighted by atomic mass is 9.85. The van der Waals surface area contributed by atoms with Crippen LogP contribution < -0.4 is 21.7 Å². The number of nitrogens with two attached hydrogens (primary N) is 1. The van der Waals surface area contributed by atoms with E-state index >= 15 is 0 Å². The fraction of sp³-hybridized carbons (Fsp3) is 0.636. The Bertz CT molecular complexity index is 1290. The lowest BCUT2D eigenvalue weighted by Crippen LogP contribution is -2.61. The van der Waals surface area contributed by atoms with Crippen LogP contribution in [0.25, 0.3) is 0 Å². The molecule has 248 valence electrons. The first-order valence-corrected chi connectivity index (χ1v) is 16.1. The molecule has 5 amide bonds. The number of ketones is 2. The van der Waals surface area contributed by atoms with Crippen LogP contribution in [-0.2, 0) is 19.2 Å². The van der Waals surface area contributed by atoms with Crippen LogP contribution >= 0.6 is 11.6 Å². The number of nitrogens with one attached hydrogen (secondary N) is 3. The molecule has 5 N–H and O–H groups in total. The third kappa shape index (κ3) is 9.51. The fourth-order valence-corrected chi connectivity index (χ4v) is 5.78. The molecule has 0 aromatic heterocycles. The maximum absolute atomic E-state index is 14.2. The number of Topliss-reactive ketones (excluding diaryl/α,β-unsaturated/α-hetero) is 2. The van der Waals surface area contributed by atoms with E-state index in [1.54, 1.807) is 45.0 Å². The first-order valence-electron chi connectivity index (χ1n) is 15.7. The molecule has 2 fully saturated rings. The summed E-state index contributed by atoms with van der Waals surface area (Å²) in [6.45, 7) is 13.3. The van der Waals surface area contributed by atoms with E-state index in [1.165, 1.54) is 4.90 Å². The topological polar surface area (TPSA) is 168 Å². The van der Waals surface area contributed by atoms with Gasteiger partial charge in [-0.15, -0.1) is 0 Å². The van der Waals surface area contributed by atoms with Crippen LogP contribution in [0.3, 0.4) is 0 Å². The van der Waals surface area contributed by atoms with Gasteiger partial charge >= 0.3 is 6.03 Å². The third-order valence-electron chi connectivity index (χ3n) is 8.76. The van der Waals surface area contributed by atoms with Gasteiger partial charge in [-0.1, -0.05) is 72.9 Å². The van der Waals surface area contributed by atoms with Crippen LogP contribution in [-0.4, -0.2) is 70.9 Å². The summed E-state index contributed by atoms with van der Waals surface area (Å²) in [5, 5.41) is 8.73. The molecule has 1 saturated heterocycles. The molecular weight excluding hydrogens is 598 g/mol. The van der Waals surface area contributed by atoms with E-state index in [4.69, 9.17) is 17.3 Å². The van der Waals surface area contributed by atoms with Crippen molar-refractivity contribution >= 4 is 46.9 Å². The molecule has 1 aromatic carbocycles. The van der Waals surface area contributed by atoms with Gasteiger partial charge in [0.15, 0.2) is 5.78 Å². The minimum absolute atomic E-state index is 0.00446. The number of primary amides is 1. The number of amides is 5. The smallest absolute Gasteiger partial charge is 0.316 e. The second kappa shape index (κ2) is 14.7. The van der Waals surface area contributed by atoms with Crippen molar-refractivity contribution in [1.82, 2.24) is 20.9 Å². The number of urea groups is 1. The summed E-state index contributed by atoms with van der Waals surface area (Å²) in [4.78, 5) is 80.2. The number of carbonyl (C=O) groups is 6. The third-order valence-corrected chi connectivity index (χ3v) is 9.01. The predicted molar refractivity (Wildman–Crippen MR) is 171 cm³/mol. The van der Waals surface area contributed by atoms with Crippen molar-refractivity contribution < 1.29 is 28.8 Å². The van der Waals surface area contributed by atoms with Gasteiger partial charge in [0.25, 0.3) is 5.91 Å². The second-order valence-corrected chi connectivity index (χ2v) is 14.7. The van der Waals surface area contributed by atoms with E-state index in [0.29, 0.717) is 23.4 Å². The SMILES string of the molecule is CC(C)[C@@H]1C[C@@H](C(=O)NC(CC2CC2)C(=O)C(N)=O)N(C(=O)[C@@H](NC(=O)N[C@H](C(=O)c2ccc(Cl)cc2)C(C)C)C(C)(C)C)C1. The number of likely N-dealkylation sites (tertiary alicyclic amines) is 1. The Labute approximate surface area is 270 Å². The zero-order valence-corrected chi connectivity index (χ0v) is 28.1. The van der Waals surface area contributed by atoms with Crippen LogP contribution in [0.1, 0.15) is 84.5 Å². The van der Waals surface area contributed by atoms with Gasteiger partial charge in [0.2, 0.25) is 17.6 Å². The first-order chi connectivity index (χ1) is 20.9. The van der Waals surface area contributed by atoms with Crippen LogP contribution in [0.5, 0.6) is 0 Å². The quantitative estimate of drug-likeness (QED) is 0.189. The standard InChI is InChI=1S/C33H48ClN5O6/c1-17(2)21-15-24(30(43)36-23(14-19-8-9-19)27(41)29(35)42)39(16-21)31(44)28(33(5,6)7)38-32(45)37-25(18(3)4)26(40)20-10-12-22(34)13-11-20/h10-13,17-19,21,23-25,28H,8-9,14-16H2,1-7H3,(H2,35,42)(H,36,43)(H2,37,38,45)/t21-,23?,24+,25+,28-/m1/s1. The number of carbonyl (C=O) groups excluding carboxylic acids is 6. The molecular formula is C33H48ClN5O6. The van der Waals surface area contributed by atoms with Gasteiger partial charge in [-0.05, 0) is 66.2 Å². The molecule has 1 aromatic rings. The highest BCUT2D eigenvalue weighted by Gasteiger charge is 2.46. The molecule has 11 nitrogen and oxygen atoms in total. The number of rotatable bonds is 13. The number of halogens is 1. The molecule has 5 atom stereocenters. The second-order valence-electron chi connectivity index (χ2n) is 14.2. The number of hydrogen-bond donors (Lipinski definition) is 4. The van der Waals surface area contributed by atoms with Crippen molar-refractivity contribution in [2.45, 2.75) is 98.3 Å². The minimum atomic E-state index is -1.11. The molecule has 1 saturated carbocycles. The highest BCUT2D eigenvalue weighted by Crippen LogP contribution is 2.35. The van der Waals surface area contributed by atoms with Gasteiger partial charge in [-0.2, -0.15) is 0 Å². The first kappa shape index (κ1) is 36.0. The number of nitrogens with zero attached hydrogens (tertiary/aromatic N) is 1. The van der Waals surface area contributed by atoms with E-state index in [0.717, 1.165) is 12.8 Å². The minimum Gasteiger partial charge on any atom is -0.363 e. The summed E-state index contributed by atoms with van der Waals surface area (Å²) in [5.74, 6) is -3.12. The summed E-state index contributed by atoms with van der Waals surface area (Å²) in [7, 11) is 0. The molecule has 3 rings (SSSR count). The summed E-state index contributed by atoms with van der Waals surface area (Å²) in [6.07, 6.45) is 2.50. The van der Waals surface area contributed by atoms with E-state index in [-0.39, 0.29) is 36.0 Å². The van der Waals surface area contributed by atoms with Crippen molar-refractivity contribution in [3.05, 3.63) is 34.9 Å². The highest BCUT2D eigenvalue weighted by atomic mass is 35.5. The van der Waals surface area contributed by atoms with Gasteiger partial charge in [0, 0.05) is 17.1 Å². The normalized spacial score (nSPS) is 20.4. The Morgan fingerprint density at radius 2 is 1.56 bits per heavy atom. The zero-order valence-electron chi connectivity index (χ0n) is 27.3. The number of hydrogen-bond acceptors (Lipinski definition) is 6. The summed E-state index contributed by atoms with van der Waals surface area (Å²) in [6, 6.07) is 1.82. The van der Waals surface area contributed by atoms with Crippen LogP contribution in [0, 0.1) is 29.1 Å². The molecule has 1 aliphatic heterocycles. The van der Waals surface area contributed by atoms with Gasteiger partial charge < -0.3 is 26.6 Å². The van der Waals surface area contributed by atoms with Crippen LogP contribution in [0.2, 0.25) is 5.02 Å². The largest absolute Gasteiger partial charge is 0.363 e. The van der Waals surface area contributed by atoms with Gasteiger partial charge in [-0.3, -0.25) is 24.0 Å². The van der Waals surface area contributed by atoms with E-state index in [9.17, 15) is 28.8 Å². The summed E-state index contributed by atoms with van der Waals surface area (Å²) >= 11 is 5.97. The highest BCUT2D eigenvalue weighted by molar-refractivity contribution is 6.37. The lowest BCUT2D eigenvalue weighted by Gasteiger charge is -2.36. The molecule has 1 aliphatic carbocycles. The van der Waals surface area contributed by atoms with E-state index in [2.05, 4.69) is 16.0 Å². The predicted octanol–water partition coefficient (Wildman–Crippen LogP) is 3.47. The van der Waals surface area contributed by atoms with Crippen molar-refractivity contribution in [3.8, 4) is 0 Å². The zero-order chi connectivity index (χ0) is 33.8. The van der Waals surface area contributed by atoms with Crippen molar-refractivity contribution in [2.75, 3.05) is 6.54 Å². The Balaban J connectivity index is 1.82. The maximum Gasteiger partial charge on any atom is 0.316 e. The molecule has 0 bridgehead atoms. The Hall–Kier alpha value is -3.47. The molecule has 0 spiro atoms. The van der Waals surface area contributed by atoms with Crippen molar-refractivity contribution in [1.29, 1.82) is 0 Å². The van der Waals surface area contributed by atoms with Gasteiger partial charge in [-0.25, -0.2) is 4.79 Å². The van der Waals surface area contributed by atoms with Crippen molar-refractivity contribution in [3.63, 3.8) is 0 Å². The monoisotopic (exact) mass is 645 g/mol. The molecule has 45 heavy (non-hydrogen) atoms. The summed E-state index contributed by atoms with van der Waals surface area (Å²) < 4.78 is 0. The molecule has 1 heterocycles. The number of benzene rings is 1. The lowest BCUT2D eigenvalue weighted by molar-refractivity contribution is -0.143. The van der Waals surface area contributed by atoms with Gasteiger partial charge in [0.05, 0.1) is 12.1 Å². The molecule has 0 radical (unpaired) electrons. The Morgan fingerprint density at radius 3 is 2.04 bits per heavy atom. The Morgan fingerprint density at radius 1 is 0.956 bits per heavy atom. The Kier molecular flexibility index (Phi) is 11.8. The average Bonchev–Trinajstić information content (AvgIpc) is 3.65. The van der Waals surface area contributed by atoms with Gasteiger partial charge in [0.1, 0.15) is 12.1 Å². The summed E-state index contributed by atoms with van der Waals surface area (Å²) in [5.41, 5.74) is 4.89. The fourth-order valence-electron chi connectivity index (χ4n) is 5.66.